The molecule has 1 amide bonds. The van der Waals surface area contributed by atoms with Crippen LogP contribution >= 0.6 is 0 Å². The Kier molecular flexibility index (Phi) is 7.32. The average Bonchev–Trinajstić information content (AvgIpc) is 2.91. The van der Waals surface area contributed by atoms with Gasteiger partial charge < -0.3 is 24.6 Å². The SMILES string of the molecule is CC(C)C[C@@H](NC(=O)O)[C@]1(Cc2cc(OC3CCC(C)CC3)ccn2)OC(C)(C)OC1=O. The fourth-order valence-corrected chi connectivity index (χ4v) is 4.68. The average molecular weight is 449 g/mol. The summed E-state index contributed by atoms with van der Waals surface area (Å²) in [4.78, 5) is 29.1. The van der Waals surface area contributed by atoms with Crippen LogP contribution in [0.5, 0.6) is 5.75 Å². The molecule has 0 bridgehead atoms. The number of amides is 1. The number of pyridine rings is 1. The first kappa shape index (κ1) is 24.3. The predicted molar refractivity (Wildman–Crippen MR) is 118 cm³/mol. The van der Waals surface area contributed by atoms with Gasteiger partial charge in [0.1, 0.15) is 5.75 Å². The second-order valence-electron chi connectivity index (χ2n) is 10.1. The van der Waals surface area contributed by atoms with Gasteiger partial charge in [-0.1, -0.05) is 20.8 Å². The number of esters is 1. The molecule has 2 heterocycles. The highest BCUT2D eigenvalue weighted by atomic mass is 16.8. The maximum absolute atomic E-state index is 13.1. The zero-order valence-corrected chi connectivity index (χ0v) is 19.7. The van der Waals surface area contributed by atoms with E-state index in [0.717, 1.165) is 31.6 Å². The second kappa shape index (κ2) is 9.65. The van der Waals surface area contributed by atoms with Crippen molar-refractivity contribution in [2.45, 2.75) is 96.7 Å². The van der Waals surface area contributed by atoms with Gasteiger partial charge in [-0.15, -0.1) is 0 Å². The summed E-state index contributed by atoms with van der Waals surface area (Å²) in [6.07, 6.45) is 5.43. The summed E-state index contributed by atoms with van der Waals surface area (Å²) in [6, 6.07) is 2.84. The number of carbonyl (C=O) groups excluding carboxylic acids is 1. The van der Waals surface area contributed by atoms with Gasteiger partial charge in [-0.3, -0.25) is 4.98 Å². The van der Waals surface area contributed by atoms with E-state index in [1.165, 1.54) is 0 Å². The lowest BCUT2D eigenvalue weighted by molar-refractivity contribution is -0.170. The van der Waals surface area contributed by atoms with Crippen LogP contribution in [0.3, 0.4) is 0 Å². The summed E-state index contributed by atoms with van der Waals surface area (Å²) in [5.41, 5.74) is -0.930. The number of cyclic esters (lactones) is 1. The van der Waals surface area contributed by atoms with Crippen molar-refractivity contribution < 1.29 is 28.9 Å². The van der Waals surface area contributed by atoms with Gasteiger partial charge in [-0.25, -0.2) is 9.59 Å². The van der Waals surface area contributed by atoms with Crippen molar-refractivity contribution >= 4 is 12.1 Å². The van der Waals surface area contributed by atoms with Gasteiger partial charge in [-0.2, -0.15) is 0 Å². The van der Waals surface area contributed by atoms with Crippen molar-refractivity contribution in [1.29, 1.82) is 0 Å². The highest BCUT2D eigenvalue weighted by Gasteiger charge is 2.59. The Morgan fingerprint density at radius 1 is 1.31 bits per heavy atom. The molecule has 1 aromatic rings. The van der Waals surface area contributed by atoms with Crippen LogP contribution in [0.1, 0.15) is 72.4 Å². The predicted octanol–water partition coefficient (Wildman–Crippen LogP) is 4.31. The van der Waals surface area contributed by atoms with Gasteiger partial charge in [0, 0.05) is 38.2 Å². The molecule has 0 radical (unpaired) electrons. The topological polar surface area (TPSA) is 107 Å². The van der Waals surface area contributed by atoms with E-state index >= 15 is 0 Å². The van der Waals surface area contributed by atoms with Gasteiger partial charge in [0.05, 0.1) is 12.1 Å². The number of hydrogen-bond acceptors (Lipinski definition) is 6. The van der Waals surface area contributed by atoms with Crippen molar-refractivity contribution in [2.24, 2.45) is 11.8 Å². The van der Waals surface area contributed by atoms with E-state index in [1.807, 2.05) is 26.0 Å². The third-order valence-electron chi connectivity index (χ3n) is 6.18. The zero-order valence-electron chi connectivity index (χ0n) is 19.7. The molecule has 3 rings (SSSR count). The highest BCUT2D eigenvalue weighted by molar-refractivity contribution is 5.84. The van der Waals surface area contributed by atoms with Gasteiger partial charge in [0.2, 0.25) is 5.79 Å². The molecule has 1 saturated carbocycles. The molecule has 178 valence electrons. The molecule has 0 aromatic carbocycles. The summed E-state index contributed by atoms with van der Waals surface area (Å²) in [5, 5.41) is 11.9. The van der Waals surface area contributed by atoms with Crippen molar-refractivity contribution in [3.63, 3.8) is 0 Å². The van der Waals surface area contributed by atoms with Gasteiger partial charge in [0.25, 0.3) is 0 Å². The van der Waals surface area contributed by atoms with Crippen molar-refractivity contribution in [2.75, 3.05) is 0 Å². The maximum atomic E-state index is 13.1. The number of ether oxygens (including phenoxy) is 3. The van der Waals surface area contributed by atoms with Crippen molar-refractivity contribution in [3.8, 4) is 5.75 Å². The van der Waals surface area contributed by atoms with E-state index in [1.54, 1.807) is 20.0 Å². The van der Waals surface area contributed by atoms with Crippen molar-refractivity contribution in [3.05, 3.63) is 24.0 Å². The molecular formula is C24H36N2O6. The molecule has 2 fully saturated rings. The van der Waals surface area contributed by atoms with E-state index in [9.17, 15) is 14.7 Å². The number of aromatic nitrogens is 1. The van der Waals surface area contributed by atoms with E-state index < -0.39 is 29.5 Å². The molecule has 2 N–H and O–H groups in total. The highest BCUT2D eigenvalue weighted by Crippen LogP contribution is 2.39. The monoisotopic (exact) mass is 448 g/mol. The van der Waals surface area contributed by atoms with Crippen LogP contribution < -0.4 is 10.1 Å². The van der Waals surface area contributed by atoms with Crippen LogP contribution in [-0.2, 0) is 20.7 Å². The Morgan fingerprint density at radius 3 is 2.56 bits per heavy atom. The standard InChI is InChI=1S/C24H36N2O6/c1-15(2)12-20(26-22(28)29)24(21(27)31-23(4,5)32-24)14-17-13-19(10-11-25-17)30-18-8-6-16(3)7-9-18/h10-11,13,15-16,18,20,26H,6-9,12,14H2,1-5H3,(H,28,29)/t16?,18?,20-,24+/m1/s1. The minimum atomic E-state index is -1.52. The Hall–Kier alpha value is -2.35. The molecule has 1 aliphatic carbocycles. The number of nitrogens with one attached hydrogen (secondary N) is 1. The zero-order chi connectivity index (χ0) is 23.5. The Morgan fingerprint density at radius 2 is 2.00 bits per heavy atom. The lowest BCUT2D eigenvalue weighted by Gasteiger charge is -2.35. The van der Waals surface area contributed by atoms with E-state index in [4.69, 9.17) is 14.2 Å². The molecule has 1 aliphatic heterocycles. The van der Waals surface area contributed by atoms with Gasteiger partial charge >= 0.3 is 12.1 Å². The molecule has 1 saturated heterocycles. The largest absolute Gasteiger partial charge is 0.490 e. The number of hydrogen-bond donors (Lipinski definition) is 2. The minimum absolute atomic E-state index is 0.0752. The number of carbonyl (C=O) groups is 2. The van der Waals surface area contributed by atoms with Crippen LogP contribution in [-0.4, -0.2) is 45.7 Å². The summed E-state index contributed by atoms with van der Waals surface area (Å²) < 4.78 is 17.8. The van der Waals surface area contributed by atoms with Crippen molar-refractivity contribution in [1.82, 2.24) is 10.3 Å². The maximum Gasteiger partial charge on any atom is 0.404 e. The molecule has 32 heavy (non-hydrogen) atoms. The van der Waals surface area contributed by atoms with E-state index in [-0.39, 0.29) is 18.4 Å². The fourth-order valence-electron chi connectivity index (χ4n) is 4.68. The first-order valence-electron chi connectivity index (χ1n) is 11.5. The van der Waals surface area contributed by atoms with Gasteiger partial charge in [-0.05, 0) is 50.0 Å². The fraction of sp³-hybridized carbons (Fsp3) is 0.708. The van der Waals surface area contributed by atoms with Crippen LogP contribution in [0.4, 0.5) is 4.79 Å². The summed E-state index contributed by atoms with van der Waals surface area (Å²) >= 11 is 0. The number of nitrogens with zero attached hydrogens (tertiary/aromatic N) is 1. The molecule has 2 aliphatic rings. The summed E-state index contributed by atoms with van der Waals surface area (Å²) in [6.45, 7) is 9.50. The Labute approximate surface area is 190 Å². The van der Waals surface area contributed by atoms with E-state index in [2.05, 4.69) is 17.2 Å². The van der Waals surface area contributed by atoms with E-state index in [0.29, 0.717) is 17.9 Å². The molecule has 8 nitrogen and oxygen atoms in total. The van der Waals surface area contributed by atoms with Gasteiger partial charge in [0.15, 0.2) is 5.60 Å². The first-order chi connectivity index (χ1) is 15.0. The number of carboxylic acid groups (broad SMARTS) is 1. The van der Waals surface area contributed by atoms with Crippen LogP contribution in [0, 0.1) is 11.8 Å². The van der Waals surface area contributed by atoms with Crippen LogP contribution in [0.2, 0.25) is 0 Å². The quantitative estimate of drug-likeness (QED) is 0.571. The summed E-state index contributed by atoms with van der Waals surface area (Å²) in [5.74, 6) is -0.200. The Balaban J connectivity index is 1.87. The lowest BCUT2D eigenvalue weighted by atomic mass is 9.84. The normalized spacial score (nSPS) is 28.2. The van der Waals surface area contributed by atoms with Crippen LogP contribution in [0.15, 0.2) is 18.3 Å². The first-order valence-corrected chi connectivity index (χ1v) is 11.5. The van der Waals surface area contributed by atoms with Crippen LogP contribution in [0.25, 0.3) is 0 Å². The molecule has 0 unspecified atom stereocenters. The second-order valence-corrected chi connectivity index (χ2v) is 10.1. The minimum Gasteiger partial charge on any atom is -0.490 e. The molecule has 0 spiro atoms. The number of rotatable bonds is 8. The third kappa shape index (κ3) is 5.91. The molecule has 2 atom stereocenters. The third-order valence-corrected chi connectivity index (χ3v) is 6.18. The molecule has 8 heteroatoms. The summed E-state index contributed by atoms with van der Waals surface area (Å²) in [7, 11) is 0. The Bertz CT molecular complexity index is 818. The smallest absolute Gasteiger partial charge is 0.404 e. The molecular weight excluding hydrogens is 412 g/mol. The lowest BCUT2D eigenvalue weighted by Crippen LogP contribution is -2.58. The molecule has 1 aromatic heterocycles.